The van der Waals surface area contributed by atoms with Gasteiger partial charge in [-0.2, -0.15) is 0 Å². The monoisotopic (exact) mass is 757 g/mol. The predicted molar refractivity (Wildman–Crippen MR) is 187 cm³/mol. The van der Waals surface area contributed by atoms with E-state index in [1.165, 1.54) is 6.92 Å². The number of ether oxygens (including phenoxy) is 2. The molecule has 4 heterocycles. The zero-order valence-electron chi connectivity index (χ0n) is 27.9. The number of nitrogens with zero attached hydrogens (tertiary/aromatic N) is 1. The molecule has 3 amide bonds. The van der Waals surface area contributed by atoms with Gasteiger partial charge in [0.1, 0.15) is 42.2 Å². The lowest BCUT2D eigenvalue weighted by Crippen LogP contribution is -2.49. The number of aliphatic hydroxyl groups excluding tert-OH is 1. The number of oxazole rings is 1. The third kappa shape index (κ3) is 6.01. The highest BCUT2D eigenvalue weighted by Crippen LogP contribution is 2.59. The summed E-state index contributed by atoms with van der Waals surface area (Å²) in [4.78, 5) is 57.8. The van der Waals surface area contributed by atoms with Gasteiger partial charge in [0.15, 0.2) is 17.7 Å². The molecular formula is C37H36BrN5O8. The first-order valence-electron chi connectivity index (χ1n) is 16.6. The van der Waals surface area contributed by atoms with Crippen molar-refractivity contribution in [3.63, 3.8) is 0 Å². The molecule has 2 unspecified atom stereocenters. The van der Waals surface area contributed by atoms with Gasteiger partial charge in [-0.05, 0) is 52.0 Å². The number of nitrogens with one attached hydrogen (secondary N) is 4. The summed E-state index contributed by atoms with van der Waals surface area (Å²) < 4.78 is 19.4. The molecule has 0 radical (unpaired) electrons. The fourth-order valence-corrected chi connectivity index (χ4v) is 7.37. The maximum Gasteiger partial charge on any atom is 0.408 e. The Bertz CT molecular complexity index is 2020. The molecule has 0 fully saturated rings. The van der Waals surface area contributed by atoms with E-state index in [-0.39, 0.29) is 36.3 Å². The minimum Gasteiger partial charge on any atom is -0.469 e. The zero-order valence-corrected chi connectivity index (χ0v) is 29.5. The van der Waals surface area contributed by atoms with Crippen LogP contribution in [-0.4, -0.2) is 58.7 Å². The molecular weight excluding hydrogens is 722 g/mol. The number of hydrogen-bond donors (Lipinski definition) is 5. The van der Waals surface area contributed by atoms with Crippen LogP contribution in [0.4, 0.5) is 10.5 Å². The number of hydrogen-bond acceptors (Lipinski definition) is 10. The van der Waals surface area contributed by atoms with E-state index in [1.54, 1.807) is 6.07 Å². The Morgan fingerprint density at radius 3 is 2.61 bits per heavy atom. The summed E-state index contributed by atoms with van der Waals surface area (Å²) in [6.45, 7) is 5.12. The summed E-state index contributed by atoms with van der Waals surface area (Å²) in [6.07, 6.45) is -2.20. The molecule has 4 bridgehead atoms. The number of aliphatic hydroxyl groups is 1. The van der Waals surface area contributed by atoms with Crippen LogP contribution in [0.5, 0.6) is 5.75 Å². The van der Waals surface area contributed by atoms with Crippen molar-refractivity contribution in [2.24, 2.45) is 5.92 Å². The molecule has 51 heavy (non-hydrogen) atoms. The smallest absolute Gasteiger partial charge is 0.408 e. The van der Waals surface area contributed by atoms with Gasteiger partial charge in [0.05, 0.1) is 11.8 Å². The summed E-state index contributed by atoms with van der Waals surface area (Å²) in [7, 11) is 0. The van der Waals surface area contributed by atoms with Crippen LogP contribution in [0.3, 0.4) is 0 Å². The van der Waals surface area contributed by atoms with Crippen LogP contribution in [0.2, 0.25) is 0 Å². The molecule has 14 heteroatoms. The average molecular weight is 759 g/mol. The standard InChI is InChI=1S/C37H36BrN5O8/c1-18(2)28-34-42-30(33(47)39-26(16-44)19(3)45)31(51-34)37-22-10-7-11-24(38)29(22)43-35(37)50-27-13-12-21(14-23(27)37)15-25(32(46)41-28)40-36(48)49-17-20-8-5-4-6-9-20/h4-14,16,18-19,25-26,28,35,43,45H,15,17H2,1-3H3,(H,39,47)(H,40,48)(H,41,46)/t19-,25+,26-,28+,35?,37?/m1/s1. The summed E-state index contributed by atoms with van der Waals surface area (Å²) >= 11 is 3.65. The van der Waals surface area contributed by atoms with Gasteiger partial charge in [-0.3, -0.25) is 9.59 Å². The number of rotatable bonds is 8. The van der Waals surface area contributed by atoms with Crippen LogP contribution in [0.25, 0.3) is 0 Å². The van der Waals surface area contributed by atoms with Gasteiger partial charge < -0.3 is 45.1 Å². The molecule has 1 aromatic heterocycles. The van der Waals surface area contributed by atoms with Crippen molar-refractivity contribution in [2.75, 3.05) is 5.32 Å². The molecule has 3 aliphatic heterocycles. The molecule has 4 aromatic rings. The number of carbonyl (C=O) groups excluding carboxylic acids is 4. The number of para-hydroxylation sites is 1. The van der Waals surface area contributed by atoms with Crippen LogP contribution in [0.1, 0.15) is 71.2 Å². The number of amides is 3. The third-order valence-corrected chi connectivity index (χ3v) is 10.2. The second-order valence-electron chi connectivity index (χ2n) is 13.2. The van der Waals surface area contributed by atoms with Gasteiger partial charge in [0, 0.05) is 22.0 Å². The predicted octanol–water partition coefficient (Wildman–Crippen LogP) is 4.26. The second-order valence-corrected chi connectivity index (χ2v) is 14.1. The molecule has 6 atom stereocenters. The first-order chi connectivity index (χ1) is 24.5. The summed E-state index contributed by atoms with van der Waals surface area (Å²) in [5.74, 6) is -0.901. The zero-order chi connectivity index (χ0) is 36.0. The van der Waals surface area contributed by atoms with Crippen molar-refractivity contribution in [1.29, 1.82) is 0 Å². The Kier molecular flexibility index (Phi) is 9.06. The summed E-state index contributed by atoms with van der Waals surface area (Å²) in [5.41, 5.74) is 2.16. The molecule has 3 aliphatic rings. The fraction of sp³-hybridized carbons (Fsp3) is 0.324. The molecule has 3 aromatic carbocycles. The van der Waals surface area contributed by atoms with E-state index in [1.807, 2.05) is 74.5 Å². The van der Waals surface area contributed by atoms with Crippen LogP contribution < -0.4 is 26.0 Å². The minimum atomic E-state index is -1.27. The number of anilines is 1. The molecule has 264 valence electrons. The van der Waals surface area contributed by atoms with Gasteiger partial charge in [-0.25, -0.2) is 9.78 Å². The molecule has 5 N–H and O–H groups in total. The van der Waals surface area contributed by atoms with Crippen molar-refractivity contribution in [1.82, 2.24) is 20.9 Å². The first-order valence-corrected chi connectivity index (χ1v) is 17.4. The number of aldehydes is 1. The van der Waals surface area contributed by atoms with E-state index in [0.717, 1.165) is 21.3 Å². The van der Waals surface area contributed by atoms with Gasteiger partial charge in [-0.1, -0.05) is 68.4 Å². The van der Waals surface area contributed by atoms with E-state index in [0.29, 0.717) is 23.2 Å². The van der Waals surface area contributed by atoms with Crippen molar-refractivity contribution in [3.8, 4) is 5.75 Å². The second kappa shape index (κ2) is 13.5. The maximum atomic E-state index is 14.1. The van der Waals surface area contributed by atoms with Crippen LogP contribution in [0.15, 0.2) is 75.6 Å². The highest BCUT2D eigenvalue weighted by atomic mass is 79.9. The Morgan fingerprint density at radius 2 is 1.88 bits per heavy atom. The minimum absolute atomic E-state index is 0.0155. The van der Waals surface area contributed by atoms with Gasteiger partial charge in [-0.15, -0.1) is 0 Å². The first kappa shape index (κ1) is 34.2. The topological polar surface area (TPSA) is 181 Å². The lowest BCUT2D eigenvalue weighted by Gasteiger charge is -2.29. The summed E-state index contributed by atoms with van der Waals surface area (Å²) in [5, 5.41) is 22.0. The van der Waals surface area contributed by atoms with E-state index >= 15 is 0 Å². The summed E-state index contributed by atoms with van der Waals surface area (Å²) in [6, 6.07) is 17.2. The SMILES string of the molecule is CC(C)[C@@H]1NC(=O)[C@@H](NC(=O)OCc2ccccc2)Cc2ccc3c(c2)C2(c4cccc(Br)c4NC2O3)c2oc1nc2C(=O)N[C@H](C=O)[C@@H](C)O. The van der Waals surface area contributed by atoms with Crippen LogP contribution in [0, 0.1) is 5.92 Å². The normalized spacial score (nSPS) is 22.5. The number of benzene rings is 3. The van der Waals surface area contributed by atoms with Gasteiger partial charge in [0.2, 0.25) is 11.8 Å². The highest BCUT2D eigenvalue weighted by Gasteiger charge is 2.61. The van der Waals surface area contributed by atoms with E-state index in [9.17, 15) is 24.3 Å². The van der Waals surface area contributed by atoms with Crippen molar-refractivity contribution < 1.29 is 38.2 Å². The quantitative estimate of drug-likeness (QED) is 0.163. The van der Waals surface area contributed by atoms with Gasteiger partial charge in [0.25, 0.3) is 5.91 Å². The average Bonchev–Trinajstić information content (AvgIpc) is 3.78. The molecule has 0 saturated carbocycles. The largest absolute Gasteiger partial charge is 0.469 e. The Labute approximate surface area is 301 Å². The van der Waals surface area contributed by atoms with E-state index in [4.69, 9.17) is 18.9 Å². The maximum absolute atomic E-state index is 14.1. The molecule has 13 nitrogen and oxygen atoms in total. The lowest BCUT2D eigenvalue weighted by molar-refractivity contribution is -0.124. The Balaban J connectivity index is 1.38. The fourth-order valence-electron chi connectivity index (χ4n) is 6.89. The number of fused-ring (bicyclic) bond motifs is 4. The highest BCUT2D eigenvalue weighted by molar-refractivity contribution is 9.10. The third-order valence-electron chi connectivity index (χ3n) is 9.49. The number of carbonyl (C=O) groups is 4. The number of halogens is 1. The molecule has 0 saturated heterocycles. The van der Waals surface area contributed by atoms with Gasteiger partial charge >= 0.3 is 6.09 Å². The van der Waals surface area contributed by atoms with Crippen molar-refractivity contribution in [3.05, 3.63) is 111 Å². The number of aromatic nitrogens is 1. The van der Waals surface area contributed by atoms with Crippen LogP contribution >= 0.6 is 15.9 Å². The lowest BCUT2D eigenvalue weighted by atomic mass is 9.72. The Morgan fingerprint density at radius 1 is 1.10 bits per heavy atom. The molecule has 0 aliphatic carbocycles. The van der Waals surface area contributed by atoms with Crippen molar-refractivity contribution in [2.45, 2.75) is 69.7 Å². The molecule has 7 rings (SSSR count). The van der Waals surface area contributed by atoms with Crippen LogP contribution in [-0.2, 0) is 32.8 Å². The molecule has 1 spiro atoms. The van der Waals surface area contributed by atoms with E-state index in [2.05, 4.69) is 37.2 Å². The number of alkyl carbamates (subject to hydrolysis) is 1. The van der Waals surface area contributed by atoms with E-state index < -0.39 is 53.8 Å². The Hall–Kier alpha value is -5.21. The van der Waals surface area contributed by atoms with Crippen molar-refractivity contribution >= 4 is 45.8 Å².